The van der Waals surface area contributed by atoms with Crippen LogP contribution >= 0.6 is 34.5 Å². The summed E-state index contributed by atoms with van der Waals surface area (Å²) in [6, 6.07) is 15.8. The summed E-state index contributed by atoms with van der Waals surface area (Å²) in [5, 5.41) is 13.5. The molecule has 0 amide bonds. The Bertz CT molecular complexity index is 1330. The molecule has 0 unspecified atom stereocenters. The number of hydrogen-bond acceptors (Lipinski definition) is 7. The number of piperidine rings is 1. The minimum atomic E-state index is -1.16. The van der Waals surface area contributed by atoms with Crippen molar-refractivity contribution in [1.82, 2.24) is 19.6 Å². The first-order valence-electron chi connectivity index (χ1n) is 12.0. The first kappa shape index (κ1) is 27.3. The molecule has 0 spiro atoms. The molecule has 1 saturated heterocycles. The van der Waals surface area contributed by atoms with Crippen LogP contribution in [0, 0.1) is 0 Å². The number of hydrogen-bond donors (Lipinski definition) is 2. The van der Waals surface area contributed by atoms with E-state index in [0.717, 1.165) is 10.4 Å². The molecule has 1 aliphatic rings. The van der Waals surface area contributed by atoms with E-state index in [1.54, 1.807) is 12.1 Å². The van der Waals surface area contributed by atoms with Crippen LogP contribution < -0.4 is 5.73 Å². The summed E-state index contributed by atoms with van der Waals surface area (Å²) in [6.07, 6.45) is 2.36. The molecule has 8 nitrogen and oxygen atoms in total. The van der Waals surface area contributed by atoms with Crippen molar-refractivity contribution in [3.05, 3.63) is 69.4 Å². The third-order valence-electron chi connectivity index (χ3n) is 6.16. The van der Waals surface area contributed by atoms with E-state index < -0.39 is 5.97 Å². The van der Waals surface area contributed by atoms with Crippen molar-refractivity contribution in [3.63, 3.8) is 0 Å². The number of likely N-dealkylation sites (tertiary alicyclic amines) is 1. The second-order valence-corrected chi connectivity index (χ2v) is 11.2. The van der Waals surface area contributed by atoms with E-state index in [-0.39, 0.29) is 17.4 Å². The highest BCUT2D eigenvalue weighted by Crippen LogP contribution is 2.32. The number of halogens is 2. The van der Waals surface area contributed by atoms with Crippen molar-refractivity contribution >= 4 is 40.5 Å². The third kappa shape index (κ3) is 6.80. The number of carbonyl (C=O) groups is 1. The molecule has 0 saturated carbocycles. The number of aromatic nitrogens is 3. The maximum Gasteiger partial charge on any atom is 0.355 e. The molecule has 3 aromatic heterocycles. The van der Waals surface area contributed by atoms with Gasteiger partial charge in [-0.1, -0.05) is 58.7 Å². The van der Waals surface area contributed by atoms with Gasteiger partial charge in [0.15, 0.2) is 16.6 Å². The highest BCUT2D eigenvalue weighted by atomic mass is 35.5. The fraction of sp³-hybridized carbons (Fsp3) is 0.346. The van der Waals surface area contributed by atoms with Crippen molar-refractivity contribution in [2.45, 2.75) is 45.3 Å². The summed E-state index contributed by atoms with van der Waals surface area (Å²) in [5.74, 6) is -0.156. The fourth-order valence-corrected chi connectivity index (χ4v) is 5.39. The molecule has 0 radical (unpaired) electrons. The molecule has 5 rings (SSSR count). The lowest BCUT2D eigenvalue weighted by Crippen LogP contribution is -2.42. The van der Waals surface area contributed by atoms with Crippen molar-refractivity contribution in [2.75, 3.05) is 13.1 Å². The maximum absolute atomic E-state index is 11.7. The smallest absolute Gasteiger partial charge is 0.355 e. The summed E-state index contributed by atoms with van der Waals surface area (Å²) in [4.78, 5) is 19.3. The zero-order valence-corrected chi connectivity index (χ0v) is 22.9. The van der Waals surface area contributed by atoms with Gasteiger partial charge < -0.3 is 24.8 Å². The predicted molar refractivity (Wildman–Crippen MR) is 147 cm³/mol. The van der Waals surface area contributed by atoms with E-state index in [0.29, 0.717) is 33.7 Å². The third-order valence-corrected chi connectivity index (χ3v) is 7.67. The zero-order chi connectivity index (χ0) is 26.5. The lowest BCUT2D eigenvalue weighted by molar-refractivity contribution is 0.0686. The highest BCUT2D eigenvalue weighted by molar-refractivity contribution is 7.19. The fourth-order valence-electron chi connectivity index (χ4n) is 4.14. The topological polar surface area (TPSA) is 110 Å². The number of carboxylic acid groups (broad SMARTS) is 1. The number of imidazole rings is 1. The van der Waals surface area contributed by atoms with E-state index in [4.69, 9.17) is 33.5 Å². The molecule has 4 aromatic rings. The van der Waals surface area contributed by atoms with Gasteiger partial charge in [-0.05, 0) is 51.9 Å². The van der Waals surface area contributed by atoms with Gasteiger partial charge in [-0.15, -0.1) is 11.3 Å². The normalized spacial score (nSPS) is 14.5. The van der Waals surface area contributed by atoms with Gasteiger partial charge in [0.25, 0.3) is 0 Å². The second-order valence-electron chi connectivity index (χ2n) is 9.09. The number of nitrogens with two attached hydrogens (primary N) is 1. The second kappa shape index (κ2) is 12.2. The van der Waals surface area contributed by atoms with E-state index in [9.17, 15) is 9.90 Å². The average molecular weight is 563 g/mol. The SMILES string of the molecule is CC(C)N1CCC(N)CC1.O=C(O)c1c(Cl)nc(-c2ccccc2)n1Cc1cc(-c2ccc(Cl)s2)on1. The Balaban J connectivity index is 0.000000270. The molecule has 1 aliphatic heterocycles. The summed E-state index contributed by atoms with van der Waals surface area (Å²) < 4.78 is 7.54. The number of thiophene rings is 1. The molecular formula is C26H29Cl2N5O3S. The number of rotatable bonds is 6. The van der Waals surface area contributed by atoms with Crippen LogP contribution in [0.4, 0.5) is 0 Å². The van der Waals surface area contributed by atoms with Gasteiger partial charge in [0.2, 0.25) is 0 Å². The lowest BCUT2D eigenvalue weighted by Gasteiger charge is -2.32. The van der Waals surface area contributed by atoms with E-state index in [1.807, 2.05) is 36.4 Å². The number of aromatic carboxylic acids is 1. The van der Waals surface area contributed by atoms with Crippen LogP contribution in [0.2, 0.25) is 9.49 Å². The van der Waals surface area contributed by atoms with Crippen molar-refractivity contribution in [1.29, 1.82) is 0 Å². The Labute approximate surface area is 229 Å². The van der Waals surface area contributed by atoms with Crippen molar-refractivity contribution in [3.8, 4) is 22.0 Å². The zero-order valence-electron chi connectivity index (χ0n) is 20.6. The lowest BCUT2D eigenvalue weighted by atomic mass is 10.1. The molecule has 3 N–H and O–H groups in total. The van der Waals surface area contributed by atoms with Crippen LogP contribution in [0.25, 0.3) is 22.0 Å². The van der Waals surface area contributed by atoms with E-state index in [2.05, 4.69) is 28.9 Å². The molecule has 11 heteroatoms. The quantitative estimate of drug-likeness (QED) is 0.291. The van der Waals surface area contributed by atoms with E-state index >= 15 is 0 Å². The minimum absolute atomic E-state index is 0.0740. The Morgan fingerprint density at radius 3 is 2.49 bits per heavy atom. The van der Waals surface area contributed by atoms with Crippen LogP contribution in [-0.2, 0) is 6.54 Å². The monoisotopic (exact) mass is 561 g/mol. The minimum Gasteiger partial charge on any atom is -0.476 e. The van der Waals surface area contributed by atoms with Crippen LogP contribution in [0.1, 0.15) is 42.9 Å². The largest absolute Gasteiger partial charge is 0.476 e. The summed E-state index contributed by atoms with van der Waals surface area (Å²) in [7, 11) is 0. The Kier molecular flexibility index (Phi) is 9.04. The number of benzene rings is 1. The van der Waals surface area contributed by atoms with Crippen molar-refractivity contribution in [2.24, 2.45) is 5.73 Å². The van der Waals surface area contributed by atoms with E-state index in [1.165, 1.54) is 41.8 Å². The summed E-state index contributed by atoms with van der Waals surface area (Å²) in [6.45, 7) is 7.03. The number of nitrogens with zero attached hydrogens (tertiary/aromatic N) is 4. The number of carboxylic acids is 1. The van der Waals surface area contributed by atoms with Gasteiger partial charge in [-0.25, -0.2) is 9.78 Å². The molecular weight excluding hydrogens is 533 g/mol. The van der Waals surface area contributed by atoms with Crippen LogP contribution in [0.5, 0.6) is 0 Å². The van der Waals surface area contributed by atoms with Gasteiger partial charge in [0, 0.05) is 23.7 Å². The molecule has 196 valence electrons. The van der Waals surface area contributed by atoms with Gasteiger partial charge in [-0.2, -0.15) is 0 Å². The van der Waals surface area contributed by atoms with Crippen LogP contribution in [-0.4, -0.2) is 55.9 Å². The summed E-state index contributed by atoms with van der Waals surface area (Å²) in [5.41, 5.74) is 6.97. The maximum atomic E-state index is 11.7. The summed E-state index contributed by atoms with van der Waals surface area (Å²) >= 11 is 13.4. The van der Waals surface area contributed by atoms with Crippen molar-refractivity contribution < 1.29 is 14.4 Å². The van der Waals surface area contributed by atoms with Crippen LogP contribution in [0.15, 0.2) is 53.1 Å². The molecule has 1 aromatic carbocycles. The molecule has 1 fully saturated rings. The standard InChI is InChI=1S/C18H11Cl2N3O3S.C8H18N2/c19-14-7-6-13(27-14)12-8-11(22-26-12)9-23-15(18(24)25)16(20)21-17(23)10-4-2-1-3-5-10;1-7(2)10-5-3-8(9)4-6-10/h1-8H,9H2,(H,24,25);7-8H,3-6,9H2,1-2H3. The molecule has 0 aliphatic carbocycles. The Morgan fingerprint density at radius 1 is 1.19 bits per heavy atom. The first-order valence-corrected chi connectivity index (χ1v) is 13.6. The van der Waals surface area contributed by atoms with Crippen LogP contribution in [0.3, 0.4) is 0 Å². The van der Waals surface area contributed by atoms with Gasteiger partial charge in [0.05, 0.1) is 15.8 Å². The predicted octanol–water partition coefficient (Wildman–Crippen LogP) is 6.14. The van der Waals surface area contributed by atoms with Gasteiger partial charge in [-0.3, -0.25) is 0 Å². The Hall–Kier alpha value is -2.69. The molecule has 37 heavy (non-hydrogen) atoms. The molecule has 0 atom stereocenters. The molecule has 4 heterocycles. The molecule has 0 bridgehead atoms. The van der Waals surface area contributed by atoms with Gasteiger partial charge in [0.1, 0.15) is 11.5 Å². The Morgan fingerprint density at radius 2 is 1.89 bits per heavy atom. The van der Waals surface area contributed by atoms with Gasteiger partial charge >= 0.3 is 5.97 Å². The average Bonchev–Trinajstić information content (AvgIpc) is 3.59. The highest BCUT2D eigenvalue weighted by Gasteiger charge is 2.24. The first-order chi connectivity index (χ1) is 17.7.